The first-order valence-corrected chi connectivity index (χ1v) is 3.65. The summed E-state index contributed by atoms with van der Waals surface area (Å²) in [4.78, 5) is 3.77. The number of aliphatic imine (C=N–C) groups is 1. The van der Waals surface area contributed by atoms with Gasteiger partial charge >= 0.3 is 0 Å². The maximum absolute atomic E-state index is 12.6. The molecule has 2 aliphatic rings. The highest BCUT2D eigenvalue weighted by atomic mass is 19.1. The summed E-state index contributed by atoms with van der Waals surface area (Å²) in [6, 6.07) is 0. The predicted molar refractivity (Wildman–Crippen MR) is 38.8 cm³/mol. The number of fused-ring (bicyclic) bond motifs is 1. The van der Waals surface area contributed by atoms with Gasteiger partial charge in [0.25, 0.3) is 0 Å². The third kappa shape index (κ3) is 0.877. The van der Waals surface area contributed by atoms with E-state index in [2.05, 4.69) is 4.99 Å². The Balaban J connectivity index is 2.24. The summed E-state index contributed by atoms with van der Waals surface area (Å²) in [6.45, 7) is 2.69. The van der Waals surface area contributed by atoms with E-state index in [4.69, 9.17) is 0 Å². The van der Waals surface area contributed by atoms with Crippen LogP contribution in [0.25, 0.3) is 0 Å². The smallest absolute Gasteiger partial charge is 0.208 e. The summed E-state index contributed by atoms with van der Waals surface area (Å²) in [7, 11) is 0. The Kier molecular flexibility index (Phi) is 1.16. The highest BCUT2D eigenvalue weighted by molar-refractivity contribution is 5.87. The molecule has 0 aromatic carbocycles. The first kappa shape index (κ1) is 6.08. The standard InChI is InChI=1S/C8H10FN/c1-5-2-8(9)10-4-6-3-7(5)6/h2,6-7H,3-4H2,1H3. The fraction of sp³-hybridized carbons (Fsp3) is 0.625. The van der Waals surface area contributed by atoms with Crippen molar-refractivity contribution in [2.75, 3.05) is 6.54 Å². The van der Waals surface area contributed by atoms with Gasteiger partial charge in [0, 0.05) is 6.54 Å². The van der Waals surface area contributed by atoms with Crippen molar-refractivity contribution in [2.45, 2.75) is 13.3 Å². The fourth-order valence-corrected chi connectivity index (χ4v) is 1.55. The molecule has 10 heavy (non-hydrogen) atoms. The van der Waals surface area contributed by atoms with Crippen molar-refractivity contribution in [3.8, 4) is 0 Å². The Bertz CT molecular complexity index is 217. The summed E-state index contributed by atoms with van der Waals surface area (Å²) in [6.07, 6.45) is 2.79. The highest BCUT2D eigenvalue weighted by Crippen LogP contribution is 2.45. The van der Waals surface area contributed by atoms with Gasteiger partial charge in [0.05, 0.1) is 0 Å². The Morgan fingerprint density at radius 3 is 3.30 bits per heavy atom. The molecule has 0 amide bonds. The topological polar surface area (TPSA) is 12.4 Å². The van der Waals surface area contributed by atoms with Gasteiger partial charge in [-0.15, -0.1) is 0 Å². The molecule has 2 rings (SSSR count). The highest BCUT2D eigenvalue weighted by Gasteiger charge is 2.39. The predicted octanol–water partition coefficient (Wildman–Crippen LogP) is 1.95. The van der Waals surface area contributed by atoms with E-state index in [1.54, 1.807) is 6.08 Å². The van der Waals surface area contributed by atoms with Crippen LogP contribution < -0.4 is 0 Å². The molecule has 0 N–H and O–H groups in total. The van der Waals surface area contributed by atoms with Gasteiger partial charge in [0.1, 0.15) is 0 Å². The van der Waals surface area contributed by atoms with E-state index in [-0.39, 0.29) is 5.97 Å². The lowest BCUT2D eigenvalue weighted by Crippen LogP contribution is -1.85. The van der Waals surface area contributed by atoms with Crippen LogP contribution in [0, 0.1) is 11.8 Å². The van der Waals surface area contributed by atoms with E-state index in [1.165, 1.54) is 12.0 Å². The Hall–Kier alpha value is -0.660. The molecule has 1 nitrogen and oxygen atoms in total. The zero-order chi connectivity index (χ0) is 7.14. The minimum absolute atomic E-state index is 0.287. The van der Waals surface area contributed by atoms with Gasteiger partial charge in [-0.05, 0) is 31.3 Å². The van der Waals surface area contributed by atoms with E-state index in [0.29, 0.717) is 18.4 Å². The number of nitrogens with zero attached hydrogens (tertiary/aromatic N) is 1. The summed E-state index contributed by atoms with van der Waals surface area (Å²) in [5.74, 6) is 1.02. The molecule has 54 valence electrons. The molecule has 0 radical (unpaired) electrons. The minimum atomic E-state index is -0.287. The Morgan fingerprint density at radius 2 is 2.50 bits per heavy atom. The van der Waals surface area contributed by atoms with Crippen LogP contribution in [0.3, 0.4) is 0 Å². The quantitative estimate of drug-likeness (QED) is 0.486. The van der Waals surface area contributed by atoms with Gasteiger partial charge < -0.3 is 0 Å². The summed E-state index contributed by atoms with van der Waals surface area (Å²) >= 11 is 0. The van der Waals surface area contributed by atoms with E-state index in [1.807, 2.05) is 6.92 Å². The molecule has 1 heterocycles. The van der Waals surface area contributed by atoms with Crippen LogP contribution in [0.15, 0.2) is 16.6 Å². The van der Waals surface area contributed by atoms with Crippen LogP contribution in [0.2, 0.25) is 0 Å². The van der Waals surface area contributed by atoms with E-state index >= 15 is 0 Å². The third-order valence-electron chi connectivity index (χ3n) is 2.33. The number of hydrogen-bond acceptors (Lipinski definition) is 1. The van der Waals surface area contributed by atoms with E-state index in [9.17, 15) is 4.39 Å². The lowest BCUT2D eigenvalue weighted by Gasteiger charge is -1.91. The van der Waals surface area contributed by atoms with E-state index in [0.717, 1.165) is 0 Å². The Morgan fingerprint density at radius 1 is 1.70 bits per heavy atom. The van der Waals surface area contributed by atoms with Crippen LogP contribution >= 0.6 is 0 Å². The minimum Gasteiger partial charge on any atom is -0.258 e. The average molecular weight is 139 g/mol. The molecular weight excluding hydrogens is 129 g/mol. The van der Waals surface area contributed by atoms with Crippen LogP contribution in [0.4, 0.5) is 4.39 Å². The molecule has 2 heteroatoms. The van der Waals surface area contributed by atoms with Gasteiger partial charge in [-0.2, -0.15) is 4.39 Å². The molecule has 0 aromatic rings. The molecule has 1 saturated carbocycles. The normalized spacial score (nSPS) is 37.4. The lowest BCUT2D eigenvalue weighted by atomic mass is 10.1. The molecule has 1 fully saturated rings. The number of hydrogen-bond donors (Lipinski definition) is 0. The van der Waals surface area contributed by atoms with Crippen molar-refractivity contribution < 1.29 is 4.39 Å². The summed E-state index contributed by atoms with van der Waals surface area (Å²) < 4.78 is 12.6. The molecule has 1 aliphatic carbocycles. The molecule has 0 aromatic heterocycles. The van der Waals surface area contributed by atoms with Crippen LogP contribution in [0.5, 0.6) is 0 Å². The van der Waals surface area contributed by atoms with Crippen molar-refractivity contribution >= 4 is 5.97 Å². The van der Waals surface area contributed by atoms with Crippen LogP contribution in [-0.4, -0.2) is 12.5 Å². The summed E-state index contributed by atoms with van der Waals surface area (Å²) in [5, 5.41) is 0. The molecule has 0 bridgehead atoms. The van der Waals surface area contributed by atoms with Gasteiger partial charge in [-0.25, -0.2) is 0 Å². The van der Waals surface area contributed by atoms with Crippen LogP contribution in [0.1, 0.15) is 13.3 Å². The fourth-order valence-electron chi connectivity index (χ4n) is 1.55. The zero-order valence-electron chi connectivity index (χ0n) is 5.97. The molecule has 1 aliphatic heterocycles. The zero-order valence-corrected chi connectivity index (χ0v) is 5.97. The number of halogens is 1. The second-order valence-electron chi connectivity index (χ2n) is 3.15. The second-order valence-corrected chi connectivity index (χ2v) is 3.15. The molecule has 0 spiro atoms. The van der Waals surface area contributed by atoms with Gasteiger partial charge in [-0.3, -0.25) is 4.99 Å². The van der Waals surface area contributed by atoms with Crippen molar-refractivity contribution in [3.63, 3.8) is 0 Å². The van der Waals surface area contributed by atoms with E-state index < -0.39 is 0 Å². The van der Waals surface area contributed by atoms with Crippen LogP contribution in [-0.2, 0) is 0 Å². The van der Waals surface area contributed by atoms with Crippen molar-refractivity contribution in [3.05, 3.63) is 11.6 Å². The first-order chi connectivity index (χ1) is 4.77. The van der Waals surface area contributed by atoms with Crippen molar-refractivity contribution in [1.29, 1.82) is 0 Å². The molecule has 0 saturated heterocycles. The van der Waals surface area contributed by atoms with Gasteiger partial charge in [-0.1, -0.05) is 5.57 Å². The van der Waals surface area contributed by atoms with Gasteiger partial charge in [0.15, 0.2) is 0 Å². The lowest BCUT2D eigenvalue weighted by molar-refractivity contribution is 0.759. The van der Waals surface area contributed by atoms with Gasteiger partial charge in [0.2, 0.25) is 5.97 Å². The molecule has 2 atom stereocenters. The SMILES string of the molecule is CC1=CC(F)=NCC2CC12. The second kappa shape index (κ2) is 1.91. The number of rotatable bonds is 0. The average Bonchev–Trinajstić information content (AvgIpc) is 2.59. The molecule has 2 unspecified atom stereocenters. The number of allylic oxidation sites excluding steroid dienone is 2. The maximum Gasteiger partial charge on any atom is 0.208 e. The van der Waals surface area contributed by atoms with Crippen molar-refractivity contribution in [2.24, 2.45) is 16.8 Å². The third-order valence-corrected chi connectivity index (χ3v) is 2.33. The summed E-state index contributed by atoms with van der Waals surface area (Å²) in [5.41, 5.74) is 1.17. The monoisotopic (exact) mass is 139 g/mol. The van der Waals surface area contributed by atoms with Crippen molar-refractivity contribution in [1.82, 2.24) is 0 Å². The maximum atomic E-state index is 12.6. The largest absolute Gasteiger partial charge is 0.258 e. The Labute approximate surface area is 59.7 Å². The first-order valence-electron chi connectivity index (χ1n) is 3.65. The molecular formula is C8H10FN.